The smallest absolute Gasteiger partial charge is 0.412 e. The average Bonchev–Trinajstić information content (AvgIpc) is 2.62. The van der Waals surface area contributed by atoms with Crippen LogP contribution in [0.3, 0.4) is 0 Å². The van der Waals surface area contributed by atoms with E-state index in [1.54, 1.807) is 4.90 Å². The van der Waals surface area contributed by atoms with Gasteiger partial charge in [-0.2, -0.15) is 0 Å². The van der Waals surface area contributed by atoms with E-state index in [2.05, 4.69) is 0 Å². The summed E-state index contributed by atoms with van der Waals surface area (Å²) < 4.78 is 11.4. The molecule has 5 nitrogen and oxygen atoms in total. The molecule has 22 heavy (non-hydrogen) atoms. The Labute approximate surface area is 134 Å². The highest BCUT2D eigenvalue weighted by atomic mass is 16.6. The predicted molar refractivity (Wildman–Crippen MR) is 84.5 cm³/mol. The molecule has 0 unspecified atom stereocenters. The second-order valence-electron chi connectivity index (χ2n) is 8.51. The molecule has 2 rings (SSSR count). The fraction of sp³-hybridized carbons (Fsp3) is 0.941. The maximum Gasteiger partial charge on any atom is 0.412 e. The van der Waals surface area contributed by atoms with Gasteiger partial charge in [-0.05, 0) is 73.1 Å². The zero-order valence-electron chi connectivity index (χ0n) is 14.8. The molecule has 2 fully saturated rings. The third kappa shape index (κ3) is 3.93. The SMILES string of the molecule is CC1(O)CCC([C@H]2COC(C)(C)N2C(=O)OC(C)(C)C)CC1. The van der Waals surface area contributed by atoms with E-state index in [1.807, 2.05) is 41.5 Å². The van der Waals surface area contributed by atoms with Crippen molar-refractivity contribution < 1.29 is 19.4 Å². The second-order valence-corrected chi connectivity index (χ2v) is 8.51. The Balaban J connectivity index is 2.12. The molecule has 0 spiro atoms. The summed E-state index contributed by atoms with van der Waals surface area (Å²) in [6.45, 7) is 11.9. The molecule has 0 aromatic heterocycles. The van der Waals surface area contributed by atoms with Crippen LogP contribution in [0, 0.1) is 5.92 Å². The van der Waals surface area contributed by atoms with Gasteiger partial charge < -0.3 is 14.6 Å². The zero-order valence-corrected chi connectivity index (χ0v) is 14.8. The molecule has 0 aromatic carbocycles. The van der Waals surface area contributed by atoms with E-state index >= 15 is 0 Å². The summed E-state index contributed by atoms with van der Waals surface area (Å²) in [4.78, 5) is 14.4. The molecule has 1 aliphatic heterocycles. The van der Waals surface area contributed by atoms with Crippen molar-refractivity contribution in [2.24, 2.45) is 5.92 Å². The minimum Gasteiger partial charge on any atom is -0.444 e. The number of nitrogens with zero attached hydrogens (tertiary/aromatic N) is 1. The number of ether oxygens (including phenoxy) is 2. The zero-order chi connectivity index (χ0) is 16.8. The van der Waals surface area contributed by atoms with E-state index in [0.29, 0.717) is 12.5 Å². The number of carbonyl (C=O) groups excluding carboxylic acids is 1. The van der Waals surface area contributed by atoms with Crippen LogP contribution in [0.1, 0.15) is 67.2 Å². The van der Waals surface area contributed by atoms with E-state index in [0.717, 1.165) is 25.7 Å². The van der Waals surface area contributed by atoms with E-state index in [4.69, 9.17) is 9.47 Å². The molecule has 0 radical (unpaired) electrons. The normalized spacial score (nSPS) is 35.5. The third-order valence-corrected chi connectivity index (χ3v) is 4.76. The molecule has 1 saturated carbocycles. The van der Waals surface area contributed by atoms with Gasteiger partial charge in [-0.25, -0.2) is 4.79 Å². The van der Waals surface area contributed by atoms with Crippen LogP contribution in [0.2, 0.25) is 0 Å². The number of rotatable bonds is 1. The van der Waals surface area contributed by atoms with Crippen molar-refractivity contribution in [3.05, 3.63) is 0 Å². The highest BCUT2D eigenvalue weighted by Crippen LogP contribution is 2.40. The van der Waals surface area contributed by atoms with Gasteiger partial charge in [0.1, 0.15) is 11.3 Å². The first-order valence-electron chi connectivity index (χ1n) is 8.30. The highest BCUT2D eigenvalue weighted by Gasteiger charge is 2.49. The highest BCUT2D eigenvalue weighted by molar-refractivity contribution is 5.69. The Morgan fingerprint density at radius 2 is 1.77 bits per heavy atom. The number of carbonyl (C=O) groups is 1. The first-order chi connectivity index (χ1) is 9.91. The fourth-order valence-electron chi connectivity index (χ4n) is 3.49. The van der Waals surface area contributed by atoms with Crippen LogP contribution in [0.5, 0.6) is 0 Å². The fourth-order valence-corrected chi connectivity index (χ4v) is 3.49. The summed E-state index contributed by atoms with van der Waals surface area (Å²) in [5, 5.41) is 10.1. The molecule has 1 aliphatic carbocycles. The van der Waals surface area contributed by atoms with Gasteiger partial charge in [0.2, 0.25) is 0 Å². The Morgan fingerprint density at radius 3 is 2.27 bits per heavy atom. The summed E-state index contributed by atoms with van der Waals surface area (Å²) in [7, 11) is 0. The number of hydrogen-bond acceptors (Lipinski definition) is 4. The summed E-state index contributed by atoms with van der Waals surface area (Å²) in [6, 6.07) is 0.0287. The van der Waals surface area contributed by atoms with Gasteiger partial charge in [-0.3, -0.25) is 4.90 Å². The molecular weight excluding hydrogens is 282 g/mol. The molecule has 2 aliphatic rings. The number of hydrogen-bond donors (Lipinski definition) is 1. The lowest BCUT2D eigenvalue weighted by molar-refractivity contribution is -0.0671. The number of aliphatic hydroxyl groups is 1. The Morgan fingerprint density at radius 1 is 1.23 bits per heavy atom. The van der Waals surface area contributed by atoms with Crippen molar-refractivity contribution >= 4 is 6.09 Å². The standard InChI is InChI=1S/C17H31NO4/c1-15(2,3)22-14(19)18-13(11-21-16(18,4)5)12-7-9-17(6,20)10-8-12/h12-13,20H,7-11H2,1-6H3/t12?,13-,17?/m1/s1. The van der Waals surface area contributed by atoms with Crippen LogP contribution in [0.4, 0.5) is 4.79 Å². The molecule has 0 bridgehead atoms. The minimum atomic E-state index is -0.646. The quantitative estimate of drug-likeness (QED) is 0.807. The van der Waals surface area contributed by atoms with Crippen molar-refractivity contribution in [1.82, 2.24) is 4.90 Å². The Bertz CT molecular complexity index is 415. The topological polar surface area (TPSA) is 59.0 Å². The molecule has 0 aromatic rings. The van der Waals surface area contributed by atoms with Crippen molar-refractivity contribution in [1.29, 1.82) is 0 Å². The predicted octanol–water partition coefficient (Wildman–Crippen LogP) is 3.30. The van der Waals surface area contributed by atoms with Gasteiger partial charge in [0.05, 0.1) is 18.2 Å². The molecule has 5 heteroatoms. The van der Waals surface area contributed by atoms with Crippen LogP contribution >= 0.6 is 0 Å². The first-order valence-corrected chi connectivity index (χ1v) is 8.30. The van der Waals surface area contributed by atoms with Crippen molar-refractivity contribution in [2.75, 3.05) is 6.61 Å². The average molecular weight is 313 g/mol. The van der Waals surface area contributed by atoms with E-state index in [9.17, 15) is 9.90 Å². The second kappa shape index (κ2) is 5.68. The lowest BCUT2D eigenvalue weighted by Gasteiger charge is -2.41. The largest absolute Gasteiger partial charge is 0.444 e. The summed E-state index contributed by atoms with van der Waals surface area (Å²) in [5.41, 5.74) is -1.73. The van der Waals surface area contributed by atoms with Crippen LogP contribution in [0.15, 0.2) is 0 Å². The van der Waals surface area contributed by atoms with Gasteiger partial charge in [-0.15, -0.1) is 0 Å². The Hall–Kier alpha value is -0.810. The summed E-state index contributed by atoms with van der Waals surface area (Å²) >= 11 is 0. The van der Waals surface area contributed by atoms with Crippen LogP contribution in [0.25, 0.3) is 0 Å². The minimum absolute atomic E-state index is 0.0287. The van der Waals surface area contributed by atoms with Gasteiger partial charge in [-0.1, -0.05) is 0 Å². The van der Waals surface area contributed by atoms with Crippen molar-refractivity contribution in [2.45, 2.75) is 90.2 Å². The van der Waals surface area contributed by atoms with Crippen molar-refractivity contribution in [3.63, 3.8) is 0 Å². The number of amides is 1. The van der Waals surface area contributed by atoms with E-state index in [1.165, 1.54) is 0 Å². The molecular formula is C17H31NO4. The van der Waals surface area contributed by atoms with E-state index in [-0.39, 0.29) is 12.1 Å². The monoisotopic (exact) mass is 313 g/mol. The molecule has 1 amide bonds. The summed E-state index contributed by atoms with van der Waals surface area (Å²) in [5.74, 6) is 0.356. The van der Waals surface area contributed by atoms with Crippen LogP contribution < -0.4 is 0 Å². The lowest BCUT2D eigenvalue weighted by atomic mass is 9.76. The van der Waals surface area contributed by atoms with Gasteiger partial charge in [0, 0.05) is 0 Å². The molecule has 128 valence electrons. The molecule has 1 saturated heterocycles. The van der Waals surface area contributed by atoms with Gasteiger partial charge >= 0.3 is 6.09 Å². The van der Waals surface area contributed by atoms with Gasteiger partial charge in [0.15, 0.2) is 0 Å². The third-order valence-electron chi connectivity index (χ3n) is 4.76. The maximum absolute atomic E-state index is 12.6. The van der Waals surface area contributed by atoms with Gasteiger partial charge in [0.25, 0.3) is 0 Å². The van der Waals surface area contributed by atoms with E-state index < -0.39 is 16.9 Å². The Kier molecular flexibility index (Phi) is 4.53. The summed E-state index contributed by atoms with van der Waals surface area (Å²) in [6.07, 6.45) is 3.07. The molecule has 1 heterocycles. The lowest BCUT2D eigenvalue weighted by Crippen LogP contribution is -2.52. The van der Waals surface area contributed by atoms with Crippen molar-refractivity contribution in [3.8, 4) is 0 Å². The maximum atomic E-state index is 12.6. The van der Waals surface area contributed by atoms with Crippen LogP contribution in [-0.4, -0.2) is 45.7 Å². The molecule has 1 atom stereocenters. The van der Waals surface area contributed by atoms with Crippen LogP contribution in [-0.2, 0) is 9.47 Å². The molecule has 1 N–H and O–H groups in total. The first kappa shape index (κ1) is 17.5.